The molecule has 0 aliphatic rings. The molecule has 0 atom stereocenters. The molecule has 2 rings (SSSR count). The largest absolute Gasteiger partial charge is 0.326 e. The highest BCUT2D eigenvalue weighted by atomic mass is 35.5. The van der Waals surface area contributed by atoms with Crippen LogP contribution in [0.4, 0.5) is 4.39 Å². The Morgan fingerprint density at radius 1 is 1.18 bits per heavy atom. The predicted octanol–water partition coefficient (Wildman–Crippen LogP) is 3.91. The number of nitrogens with two attached hydrogens (primary N) is 1. The summed E-state index contributed by atoms with van der Waals surface area (Å²) in [6.45, 7) is 2.12. The fraction of sp³-hybridized carbons (Fsp3) is 0.143. The summed E-state index contributed by atoms with van der Waals surface area (Å²) in [5.74, 6) is -0.208. The van der Waals surface area contributed by atoms with Crippen LogP contribution < -0.4 is 5.73 Å². The third-order valence-corrected chi connectivity index (χ3v) is 3.01. The van der Waals surface area contributed by atoms with Crippen LogP contribution in [0.1, 0.15) is 11.1 Å². The van der Waals surface area contributed by atoms with Crippen LogP contribution >= 0.6 is 11.6 Å². The average molecular weight is 250 g/mol. The lowest BCUT2D eigenvalue weighted by atomic mass is 9.98. The second kappa shape index (κ2) is 4.86. The van der Waals surface area contributed by atoms with Crippen LogP contribution in [0.15, 0.2) is 36.4 Å². The van der Waals surface area contributed by atoms with Crippen LogP contribution in [0.3, 0.4) is 0 Å². The normalized spacial score (nSPS) is 10.6. The van der Waals surface area contributed by atoms with Crippen molar-refractivity contribution in [1.29, 1.82) is 0 Å². The van der Waals surface area contributed by atoms with Gasteiger partial charge in [0.1, 0.15) is 5.82 Å². The molecule has 0 aliphatic heterocycles. The lowest BCUT2D eigenvalue weighted by Crippen LogP contribution is -1.99. The Labute approximate surface area is 105 Å². The SMILES string of the molecule is Cc1ccc(-c2ccc(Cl)cc2CN)cc1F. The first-order chi connectivity index (χ1) is 8.11. The van der Waals surface area contributed by atoms with Crippen molar-refractivity contribution < 1.29 is 4.39 Å². The summed E-state index contributed by atoms with van der Waals surface area (Å²) in [4.78, 5) is 0. The van der Waals surface area contributed by atoms with Crippen molar-refractivity contribution in [3.8, 4) is 11.1 Å². The Morgan fingerprint density at radius 2 is 1.94 bits per heavy atom. The van der Waals surface area contributed by atoms with Crippen molar-refractivity contribution in [2.24, 2.45) is 5.73 Å². The van der Waals surface area contributed by atoms with E-state index in [-0.39, 0.29) is 5.82 Å². The first kappa shape index (κ1) is 12.1. The molecule has 0 radical (unpaired) electrons. The third-order valence-electron chi connectivity index (χ3n) is 2.77. The van der Waals surface area contributed by atoms with Crippen molar-refractivity contribution in [1.82, 2.24) is 0 Å². The molecule has 0 unspecified atom stereocenters. The fourth-order valence-corrected chi connectivity index (χ4v) is 1.97. The van der Waals surface area contributed by atoms with Gasteiger partial charge < -0.3 is 5.73 Å². The van der Waals surface area contributed by atoms with Crippen molar-refractivity contribution >= 4 is 11.6 Å². The van der Waals surface area contributed by atoms with Crippen LogP contribution in [-0.2, 0) is 6.54 Å². The highest BCUT2D eigenvalue weighted by Gasteiger charge is 2.07. The van der Waals surface area contributed by atoms with Gasteiger partial charge in [0.25, 0.3) is 0 Å². The van der Waals surface area contributed by atoms with Gasteiger partial charge in [-0.1, -0.05) is 29.8 Å². The van der Waals surface area contributed by atoms with E-state index in [1.807, 2.05) is 18.2 Å². The molecule has 2 aromatic carbocycles. The maximum atomic E-state index is 13.5. The number of aryl methyl sites for hydroxylation is 1. The Balaban J connectivity index is 2.55. The second-order valence-electron chi connectivity index (χ2n) is 3.97. The molecule has 0 saturated carbocycles. The maximum Gasteiger partial charge on any atom is 0.126 e. The second-order valence-corrected chi connectivity index (χ2v) is 4.41. The summed E-state index contributed by atoms with van der Waals surface area (Å²) in [6.07, 6.45) is 0. The summed E-state index contributed by atoms with van der Waals surface area (Å²) in [5.41, 5.74) is 8.98. The number of rotatable bonds is 2. The smallest absolute Gasteiger partial charge is 0.126 e. The van der Waals surface area contributed by atoms with Gasteiger partial charge in [0.15, 0.2) is 0 Å². The van der Waals surface area contributed by atoms with E-state index < -0.39 is 0 Å². The molecule has 88 valence electrons. The van der Waals surface area contributed by atoms with Crippen LogP contribution in [0, 0.1) is 12.7 Å². The molecule has 17 heavy (non-hydrogen) atoms. The number of benzene rings is 2. The number of hydrogen-bond acceptors (Lipinski definition) is 1. The van der Waals surface area contributed by atoms with Crippen molar-refractivity contribution in [2.75, 3.05) is 0 Å². The molecule has 1 nitrogen and oxygen atoms in total. The Kier molecular flexibility index (Phi) is 3.46. The summed E-state index contributed by atoms with van der Waals surface area (Å²) in [7, 11) is 0. The summed E-state index contributed by atoms with van der Waals surface area (Å²) < 4.78 is 13.5. The lowest BCUT2D eigenvalue weighted by molar-refractivity contribution is 0.619. The molecule has 0 aromatic heterocycles. The van der Waals surface area contributed by atoms with Gasteiger partial charge >= 0.3 is 0 Å². The van der Waals surface area contributed by atoms with Crippen LogP contribution in [-0.4, -0.2) is 0 Å². The molecule has 0 aliphatic carbocycles. The van der Waals surface area contributed by atoms with Crippen LogP contribution in [0.5, 0.6) is 0 Å². The maximum absolute atomic E-state index is 13.5. The van der Waals surface area contributed by atoms with E-state index in [0.717, 1.165) is 16.7 Å². The quantitative estimate of drug-likeness (QED) is 0.858. The van der Waals surface area contributed by atoms with Gasteiger partial charge in [0, 0.05) is 11.6 Å². The monoisotopic (exact) mass is 249 g/mol. The average Bonchev–Trinajstić information content (AvgIpc) is 2.32. The molecule has 0 heterocycles. The summed E-state index contributed by atoms with van der Waals surface area (Å²) in [6, 6.07) is 10.6. The molecule has 3 heteroatoms. The van der Waals surface area contributed by atoms with E-state index in [0.29, 0.717) is 17.1 Å². The highest BCUT2D eigenvalue weighted by Crippen LogP contribution is 2.27. The Bertz CT molecular complexity index is 552. The molecule has 2 aromatic rings. The Hall–Kier alpha value is -1.38. The van der Waals surface area contributed by atoms with Gasteiger partial charge in [-0.3, -0.25) is 0 Å². The number of halogens is 2. The van der Waals surface area contributed by atoms with Crippen LogP contribution in [0.2, 0.25) is 5.02 Å². The van der Waals surface area contributed by atoms with E-state index in [2.05, 4.69) is 0 Å². The molecular weight excluding hydrogens is 237 g/mol. The van der Waals surface area contributed by atoms with Gasteiger partial charge in [-0.2, -0.15) is 0 Å². The first-order valence-electron chi connectivity index (χ1n) is 5.37. The van der Waals surface area contributed by atoms with E-state index in [9.17, 15) is 4.39 Å². The third kappa shape index (κ3) is 2.48. The topological polar surface area (TPSA) is 26.0 Å². The minimum Gasteiger partial charge on any atom is -0.326 e. The first-order valence-corrected chi connectivity index (χ1v) is 5.74. The van der Waals surface area contributed by atoms with E-state index in [4.69, 9.17) is 17.3 Å². The van der Waals surface area contributed by atoms with Crippen molar-refractivity contribution in [3.05, 3.63) is 58.4 Å². The molecule has 2 N–H and O–H groups in total. The van der Waals surface area contributed by atoms with Gasteiger partial charge in [0.05, 0.1) is 0 Å². The van der Waals surface area contributed by atoms with E-state index in [1.54, 1.807) is 19.1 Å². The zero-order valence-corrected chi connectivity index (χ0v) is 10.3. The number of hydrogen-bond donors (Lipinski definition) is 1. The fourth-order valence-electron chi connectivity index (χ4n) is 1.77. The zero-order valence-electron chi connectivity index (χ0n) is 9.50. The van der Waals surface area contributed by atoms with Gasteiger partial charge in [-0.25, -0.2) is 4.39 Å². The summed E-state index contributed by atoms with van der Waals surface area (Å²) >= 11 is 5.91. The molecule has 0 spiro atoms. The minimum absolute atomic E-state index is 0.208. The molecule has 0 saturated heterocycles. The van der Waals surface area contributed by atoms with Crippen molar-refractivity contribution in [3.63, 3.8) is 0 Å². The van der Waals surface area contributed by atoms with Crippen LogP contribution in [0.25, 0.3) is 11.1 Å². The zero-order chi connectivity index (χ0) is 12.4. The lowest BCUT2D eigenvalue weighted by Gasteiger charge is -2.09. The predicted molar refractivity (Wildman–Crippen MR) is 69.5 cm³/mol. The summed E-state index contributed by atoms with van der Waals surface area (Å²) in [5, 5.41) is 0.641. The van der Waals surface area contributed by atoms with E-state index in [1.165, 1.54) is 6.07 Å². The van der Waals surface area contributed by atoms with Gasteiger partial charge in [-0.05, 0) is 47.4 Å². The van der Waals surface area contributed by atoms with Gasteiger partial charge in [0.2, 0.25) is 0 Å². The molecule has 0 amide bonds. The Morgan fingerprint density at radius 3 is 2.59 bits per heavy atom. The molecule has 0 bridgehead atoms. The van der Waals surface area contributed by atoms with Gasteiger partial charge in [-0.15, -0.1) is 0 Å². The molecular formula is C14H13ClFN. The highest BCUT2D eigenvalue weighted by molar-refractivity contribution is 6.30. The molecule has 0 fully saturated rings. The minimum atomic E-state index is -0.208. The van der Waals surface area contributed by atoms with E-state index >= 15 is 0 Å². The standard InChI is InChI=1S/C14H13ClFN/c1-9-2-3-10(7-14(9)16)13-5-4-12(15)6-11(13)8-17/h2-7H,8,17H2,1H3. The van der Waals surface area contributed by atoms with Crippen molar-refractivity contribution in [2.45, 2.75) is 13.5 Å².